The van der Waals surface area contributed by atoms with E-state index in [4.69, 9.17) is 4.74 Å². The predicted octanol–water partition coefficient (Wildman–Crippen LogP) is 3.06. The van der Waals surface area contributed by atoms with Gasteiger partial charge in [-0.3, -0.25) is 4.79 Å². The molecule has 0 aromatic carbocycles. The molecule has 0 aromatic heterocycles. The summed E-state index contributed by atoms with van der Waals surface area (Å²) in [7, 11) is 0. The van der Waals surface area contributed by atoms with E-state index < -0.39 is 12.1 Å². The van der Waals surface area contributed by atoms with E-state index in [1.165, 1.54) is 0 Å². The predicted molar refractivity (Wildman–Crippen MR) is 71.0 cm³/mol. The average Bonchev–Trinajstić information content (AvgIpc) is 2.33. The highest BCUT2D eigenvalue weighted by molar-refractivity contribution is 6.01. The number of ether oxygens (including phenoxy) is 1. The molecule has 0 amide bonds. The van der Waals surface area contributed by atoms with Crippen LogP contribution < -0.4 is 0 Å². The number of carbonyl (C=O) groups excluding carboxylic acids is 2. The number of ketones is 1. The van der Waals surface area contributed by atoms with Crippen molar-refractivity contribution in [2.45, 2.75) is 47.1 Å². The molecule has 0 radical (unpaired) electrons. The van der Waals surface area contributed by atoms with Crippen molar-refractivity contribution in [3.63, 3.8) is 0 Å². The number of allylic oxidation sites excluding steroid dienone is 2. The van der Waals surface area contributed by atoms with Crippen LogP contribution in [-0.2, 0) is 14.3 Å². The Morgan fingerprint density at radius 1 is 1.50 bits per heavy atom. The summed E-state index contributed by atoms with van der Waals surface area (Å²) >= 11 is 0. The van der Waals surface area contributed by atoms with Crippen molar-refractivity contribution < 1.29 is 14.3 Å². The number of Topliss-reactive ketones (excluding diaryl/α,β-unsaturated/α-hetero) is 1. The van der Waals surface area contributed by atoms with E-state index >= 15 is 0 Å². The van der Waals surface area contributed by atoms with Crippen molar-refractivity contribution in [2.24, 2.45) is 11.8 Å². The van der Waals surface area contributed by atoms with Crippen LogP contribution in [0.4, 0.5) is 0 Å². The lowest BCUT2D eigenvalue weighted by Crippen LogP contribution is -2.40. The summed E-state index contributed by atoms with van der Waals surface area (Å²) in [6, 6.07) is 0. The monoisotopic (exact) mass is 250 g/mol. The highest BCUT2D eigenvalue weighted by Crippen LogP contribution is 2.30. The molecule has 3 nitrogen and oxygen atoms in total. The van der Waals surface area contributed by atoms with Crippen molar-refractivity contribution in [3.05, 3.63) is 23.3 Å². The molecule has 100 valence electrons. The molecular weight excluding hydrogens is 228 g/mol. The first-order valence-corrected chi connectivity index (χ1v) is 6.43. The minimum Gasteiger partial charge on any atom is -0.450 e. The second-order valence-corrected chi connectivity index (χ2v) is 5.19. The number of rotatable bonds is 3. The number of carbonyl (C=O) groups is 2. The second kappa shape index (κ2) is 5.98. The lowest BCUT2D eigenvalue weighted by Gasteiger charge is -2.31. The zero-order chi connectivity index (χ0) is 13.9. The van der Waals surface area contributed by atoms with Gasteiger partial charge >= 0.3 is 5.97 Å². The third-order valence-electron chi connectivity index (χ3n) is 3.58. The molecule has 3 heteroatoms. The summed E-state index contributed by atoms with van der Waals surface area (Å²) < 4.78 is 5.40. The highest BCUT2D eigenvalue weighted by atomic mass is 16.5. The molecule has 0 aliphatic heterocycles. The van der Waals surface area contributed by atoms with Crippen LogP contribution in [0.5, 0.6) is 0 Å². The van der Waals surface area contributed by atoms with E-state index in [-0.39, 0.29) is 11.7 Å². The molecule has 0 bridgehead atoms. The summed E-state index contributed by atoms with van der Waals surface area (Å²) in [4.78, 5) is 23.9. The quantitative estimate of drug-likeness (QED) is 0.571. The standard InChI is InChI=1S/C15H22O3/c1-6-10(4)15(17)18-14-12(9(2)3)8-7-11(5)13(14)16/h6-7,9,12,14H,8H2,1-5H3. The van der Waals surface area contributed by atoms with Crippen LogP contribution >= 0.6 is 0 Å². The van der Waals surface area contributed by atoms with Gasteiger partial charge in [0.05, 0.1) is 0 Å². The molecule has 2 atom stereocenters. The largest absolute Gasteiger partial charge is 0.450 e. The van der Waals surface area contributed by atoms with Gasteiger partial charge in [0.25, 0.3) is 0 Å². The molecule has 1 aliphatic carbocycles. The fourth-order valence-electron chi connectivity index (χ4n) is 2.04. The highest BCUT2D eigenvalue weighted by Gasteiger charge is 2.36. The molecule has 0 saturated heterocycles. The Balaban J connectivity index is 2.91. The number of esters is 1. The van der Waals surface area contributed by atoms with Crippen LogP contribution in [0.15, 0.2) is 23.3 Å². The van der Waals surface area contributed by atoms with E-state index in [1.807, 2.05) is 6.08 Å². The van der Waals surface area contributed by atoms with Gasteiger partial charge in [0.2, 0.25) is 0 Å². The van der Waals surface area contributed by atoms with Crippen LogP contribution in [0.1, 0.15) is 41.0 Å². The van der Waals surface area contributed by atoms with E-state index in [0.717, 1.165) is 6.42 Å². The number of hydrogen-bond acceptors (Lipinski definition) is 3. The van der Waals surface area contributed by atoms with E-state index in [2.05, 4.69) is 13.8 Å². The van der Waals surface area contributed by atoms with Gasteiger partial charge in [0, 0.05) is 11.5 Å². The first-order chi connectivity index (χ1) is 8.38. The minimum atomic E-state index is -0.627. The summed E-state index contributed by atoms with van der Waals surface area (Å²) in [6.45, 7) is 9.36. The Kier molecular flexibility index (Phi) is 4.88. The zero-order valence-electron chi connectivity index (χ0n) is 11.8. The van der Waals surface area contributed by atoms with Crippen LogP contribution in [0, 0.1) is 11.8 Å². The van der Waals surface area contributed by atoms with Gasteiger partial charge in [-0.1, -0.05) is 26.0 Å². The van der Waals surface area contributed by atoms with Crippen LogP contribution in [-0.4, -0.2) is 17.9 Å². The van der Waals surface area contributed by atoms with Gasteiger partial charge in [-0.25, -0.2) is 4.79 Å². The minimum absolute atomic E-state index is 0.0581. The molecule has 1 rings (SSSR count). The van der Waals surface area contributed by atoms with Crippen molar-refractivity contribution in [1.82, 2.24) is 0 Å². The topological polar surface area (TPSA) is 43.4 Å². The lowest BCUT2D eigenvalue weighted by atomic mass is 9.79. The fourth-order valence-corrected chi connectivity index (χ4v) is 2.04. The average molecular weight is 250 g/mol. The normalized spacial score (nSPS) is 25.1. The van der Waals surface area contributed by atoms with Gasteiger partial charge in [0.1, 0.15) is 0 Å². The third-order valence-corrected chi connectivity index (χ3v) is 3.58. The van der Waals surface area contributed by atoms with Gasteiger partial charge in [-0.15, -0.1) is 0 Å². The van der Waals surface area contributed by atoms with Crippen molar-refractivity contribution in [2.75, 3.05) is 0 Å². The molecule has 0 saturated carbocycles. The Morgan fingerprint density at radius 3 is 2.61 bits per heavy atom. The summed E-state index contributed by atoms with van der Waals surface area (Å²) in [6.07, 6.45) is 3.81. The van der Waals surface area contributed by atoms with Gasteiger partial charge in [-0.2, -0.15) is 0 Å². The molecular formula is C15H22O3. The first kappa shape index (κ1) is 14.7. The lowest BCUT2D eigenvalue weighted by molar-refractivity contribution is -0.155. The van der Waals surface area contributed by atoms with Crippen LogP contribution in [0.3, 0.4) is 0 Å². The third kappa shape index (κ3) is 3.09. The Hall–Kier alpha value is -1.38. The second-order valence-electron chi connectivity index (χ2n) is 5.19. The Labute approximate surface area is 109 Å². The Morgan fingerprint density at radius 2 is 2.11 bits per heavy atom. The number of hydrogen-bond donors (Lipinski definition) is 0. The molecule has 0 fully saturated rings. The zero-order valence-corrected chi connectivity index (χ0v) is 11.8. The van der Waals surface area contributed by atoms with Gasteiger partial charge in [-0.05, 0) is 38.7 Å². The molecule has 0 spiro atoms. The fraction of sp³-hybridized carbons (Fsp3) is 0.600. The summed E-state index contributed by atoms with van der Waals surface area (Å²) in [5, 5.41) is 0. The van der Waals surface area contributed by atoms with Crippen LogP contribution in [0.25, 0.3) is 0 Å². The first-order valence-electron chi connectivity index (χ1n) is 6.43. The van der Waals surface area contributed by atoms with E-state index in [0.29, 0.717) is 17.1 Å². The molecule has 0 aromatic rings. The molecule has 2 unspecified atom stereocenters. The summed E-state index contributed by atoms with van der Waals surface area (Å²) in [5.74, 6) is -0.0646. The van der Waals surface area contributed by atoms with Gasteiger partial charge < -0.3 is 4.74 Å². The van der Waals surface area contributed by atoms with E-state index in [1.54, 1.807) is 26.8 Å². The molecule has 1 aliphatic rings. The van der Waals surface area contributed by atoms with Crippen LogP contribution in [0.2, 0.25) is 0 Å². The maximum Gasteiger partial charge on any atom is 0.334 e. The maximum atomic E-state index is 12.1. The molecule has 0 heterocycles. The van der Waals surface area contributed by atoms with Crippen molar-refractivity contribution >= 4 is 11.8 Å². The van der Waals surface area contributed by atoms with Crippen molar-refractivity contribution in [3.8, 4) is 0 Å². The van der Waals surface area contributed by atoms with Crippen molar-refractivity contribution in [1.29, 1.82) is 0 Å². The summed E-state index contributed by atoms with van der Waals surface area (Å²) in [5.41, 5.74) is 1.24. The van der Waals surface area contributed by atoms with Gasteiger partial charge in [0.15, 0.2) is 11.9 Å². The van der Waals surface area contributed by atoms with E-state index in [9.17, 15) is 9.59 Å². The Bertz CT molecular complexity index is 402. The molecule has 0 N–H and O–H groups in total. The smallest absolute Gasteiger partial charge is 0.334 e. The maximum absolute atomic E-state index is 12.1. The SMILES string of the molecule is CC=C(C)C(=O)OC1C(=O)C(C)=CCC1C(C)C. The molecule has 18 heavy (non-hydrogen) atoms.